The second-order valence-electron chi connectivity index (χ2n) is 4.27. The number of fused-ring (bicyclic) bond motifs is 1. The number of hydrogen-bond acceptors (Lipinski definition) is 2. The molecule has 92 valence electrons. The van der Waals surface area contributed by atoms with Gasteiger partial charge in [-0.05, 0) is 42.4 Å². The van der Waals surface area contributed by atoms with Crippen LogP contribution < -0.4 is 4.74 Å². The average molecular weight is 255 g/mol. The van der Waals surface area contributed by atoms with Crippen LogP contribution >= 0.6 is 11.6 Å². The van der Waals surface area contributed by atoms with E-state index < -0.39 is 5.97 Å². The number of halogens is 1. The van der Waals surface area contributed by atoms with Crippen LogP contribution in [0.1, 0.15) is 29.5 Å². The van der Waals surface area contributed by atoms with E-state index in [1.54, 1.807) is 7.11 Å². The van der Waals surface area contributed by atoms with Gasteiger partial charge in [-0.15, -0.1) is 0 Å². The lowest BCUT2D eigenvalue weighted by molar-refractivity contribution is -0.136. The van der Waals surface area contributed by atoms with E-state index in [0.29, 0.717) is 17.2 Å². The molecule has 0 atom stereocenters. The van der Waals surface area contributed by atoms with Gasteiger partial charge in [-0.25, -0.2) is 0 Å². The molecule has 1 N–H and O–H groups in total. The Bertz CT molecular complexity index is 454. The quantitative estimate of drug-likeness (QED) is 0.899. The van der Waals surface area contributed by atoms with Crippen LogP contribution in [-0.4, -0.2) is 18.2 Å². The molecule has 4 heteroatoms. The number of benzene rings is 1. The molecule has 3 nitrogen and oxygen atoms in total. The summed E-state index contributed by atoms with van der Waals surface area (Å²) >= 11 is 6.30. The number of carbonyl (C=O) groups is 1. The number of aliphatic carboxylic acids is 1. The molecule has 0 amide bonds. The lowest BCUT2D eigenvalue weighted by Gasteiger charge is -2.13. The first-order valence-electron chi connectivity index (χ1n) is 5.72. The van der Waals surface area contributed by atoms with Crippen LogP contribution in [0.5, 0.6) is 5.75 Å². The van der Waals surface area contributed by atoms with Crippen molar-refractivity contribution in [1.29, 1.82) is 0 Å². The SMILES string of the molecule is COc1c(CCC(=O)O)cc2c(c1Cl)CCC2. The maximum absolute atomic E-state index is 10.6. The zero-order valence-corrected chi connectivity index (χ0v) is 10.5. The Balaban J connectivity index is 2.37. The molecule has 0 fully saturated rings. The molecule has 0 saturated carbocycles. The summed E-state index contributed by atoms with van der Waals surface area (Å²) in [5.74, 6) is -0.155. The fraction of sp³-hybridized carbons (Fsp3) is 0.462. The summed E-state index contributed by atoms with van der Waals surface area (Å²) in [6, 6.07) is 2.05. The van der Waals surface area contributed by atoms with Crippen LogP contribution in [-0.2, 0) is 24.1 Å². The molecule has 1 aliphatic carbocycles. The number of carboxylic acid groups (broad SMARTS) is 1. The monoisotopic (exact) mass is 254 g/mol. The highest BCUT2D eigenvalue weighted by molar-refractivity contribution is 6.33. The van der Waals surface area contributed by atoms with E-state index in [1.807, 2.05) is 0 Å². The van der Waals surface area contributed by atoms with E-state index in [1.165, 1.54) is 11.1 Å². The van der Waals surface area contributed by atoms with Gasteiger partial charge >= 0.3 is 5.97 Å². The molecule has 0 heterocycles. The summed E-state index contributed by atoms with van der Waals surface area (Å²) in [6.45, 7) is 0. The van der Waals surface area contributed by atoms with Crippen molar-refractivity contribution in [2.75, 3.05) is 7.11 Å². The molecule has 1 aromatic rings. The van der Waals surface area contributed by atoms with Gasteiger partial charge in [0.2, 0.25) is 0 Å². The van der Waals surface area contributed by atoms with Crippen molar-refractivity contribution in [2.24, 2.45) is 0 Å². The van der Waals surface area contributed by atoms with Gasteiger partial charge in [0, 0.05) is 6.42 Å². The van der Waals surface area contributed by atoms with Crippen molar-refractivity contribution in [2.45, 2.75) is 32.1 Å². The molecule has 17 heavy (non-hydrogen) atoms. The van der Waals surface area contributed by atoms with Crippen molar-refractivity contribution in [3.8, 4) is 5.75 Å². The molecule has 0 aromatic heterocycles. The van der Waals surface area contributed by atoms with Crippen LogP contribution in [0.4, 0.5) is 0 Å². The highest BCUT2D eigenvalue weighted by Gasteiger charge is 2.21. The van der Waals surface area contributed by atoms with Crippen LogP contribution in [0.3, 0.4) is 0 Å². The van der Waals surface area contributed by atoms with Crippen molar-refractivity contribution in [1.82, 2.24) is 0 Å². The Labute approximate surface area is 105 Å². The predicted molar refractivity (Wildman–Crippen MR) is 66.0 cm³/mol. The van der Waals surface area contributed by atoms with Crippen molar-refractivity contribution < 1.29 is 14.6 Å². The number of aryl methyl sites for hydroxylation is 2. The standard InChI is InChI=1S/C13H15ClO3/c1-17-13-9(5-6-11(15)16)7-8-3-2-4-10(8)12(13)14/h7H,2-6H2,1H3,(H,15,16). The minimum Gasteiger partial charge on any atom is -0.495 e. The van der Waals surface area contributed by atoms with Crippen LogP contribution in [0.2, 0.25) is 5.02 Å². The molecule has 1 aromatic carbocycles. The van der Waals surface area contributed by atoms with Gasteiger partial charge < -0.3 is 9.84 Å². The second-order valence-corrected chi connectivity index (χ2v) is 4.65. The first kappa shape index (κ1) is 12.2. The van der Waals surface area contributed by atoms with E-state index >= 15 is 0 Å². The predicted octanol–water partition coefficient (Wildman–Crippen LogP) is 2.85. The zero-order chi connectivity index (χ0) is 12.4. The van der Waals surface area contributed by atoms with Gasteiger partial charge in [0.25, 0.3) is 0 Å². The minimum atomic E-state index is -0.802. The Morgan fingerprint density at radius 1 is 1.53 bits per heavy atom. The molecule has 0 unspecified atom stereocenters. The van der Waals surface area contributed by atoms with E-state index in [2.05, 4.69) is 6.07 Å². The minimum absolute atomic E-state index is 0.103. The summed E-state index contributed by atoms with van der Waals surface area (Å²) in [5.41, 5.74) is 3.32. The summed E-state index contributed by atoms with van der Waals surface area (Å²) in [4.78, 5) is 10.6. The fourth-order valence-electron chi connectivity index (χ4n) is 2.38. The Hall–Kier alpha value is -1.22. The van der Waals surface area contributed by atoms with E-state index in [0.717, 1.165) is 24.8 Å². The normalized spacial score (nSPS) is 13.5. The second kappa shape index (κ2) is 4.96. The van der Waals surface area contributed by atoms with Crippen LogP contribution in [0.15, 0.2) is 6.07 Å². The van der Waals surface area contributed by atoms with E-state index in [-0.39, 0.29) is 6.42 Å². The summed E-state index contributed by atoms with van der Waals surface area (Å²) in [6.07, 6.45) is 3.69. The van der Waals surface area contributed by atoms with Gasteiger partial charge in [0.1, 0.15) is 5.75 Å². The number of methoxy groups -OCH3 is 1. The molecular formula is C13H15ClO3. The average Bonchev–Trinajstić information content (AvgIpc) is 2.74. The molecular weight excluding hydrogens is 240 g/mol. The fourth-order valence-corrected chi connectivity index (χ4v) is 2.79. The third-order valence-corrected chi connectivity index (χ3v) is 3.58. The molecule has 2 rings (SSSR count). The molecule has 0 radical (unpaired) electrons. The van der Waals surface area contributed by atoms with Gasteiger partial charge in [-0.3, -0.25) is 4.79 Å². The zero-order valence-electron chi connectivity index (χ0n) is 9.75. The summed E-state index contributed by atoms with van der Waals surface area (Å²) in [7, 11) is 1.58. The molecule has 1 aliphatic rings. The van der Waals surface area contributed by atoms with Crippen molar-refractivity contribution in [3.63, 3.8) is 0 Å². The number of hydrogen-bond donors (Lipinski definition) is 1. The maximum atomic E-state index is 10.6. The lowest BCUT2D eigenvalue weighted by Crippen LogP contribution is -2.02. The first-order valence-corrected chi connectivity index (χ1v) is 6.10. The molecule has 0 saturated heterocycles. The highest BCUT2D eigenvalue weighted by atomic mass is 35.5. The topological polar surface area (TPSA) is 46.5 Å². The Morgan fingerprint density at radius 2 is 2.29 bits per heavy atom. The summed E-state index contributed by atoms with van der Waals surface area (Å²) in [5, 5.41) is 9.40. The number of carboxylic acids is 1. The first-order chi connectivity index (χ1) is 8.13. The Kier molecular flexibility index (Phi) is 3.57. The summed E-state index contributed by atoms with van der Waals surface area (Å²) < 4.78 is 5.31. The molecule has 0 aliphatic heterocycles. The third-order valence-electron chi connectivity index (χ3n) is 3.18. The third kappa shape index (κ3) is 2.39. The number of rotatable bonds is 4. The van der Waals surface area contributed by atoms with Crippen molar-refractivity contribution >= 4 is 17.6 Å². The van der Waals surface area contributed by atoms with E-state index in [9.17, 15) is 4.79 Å². The van der Waals surface area contributed by atoms with Gasteiger partial charge in [0.15, 0.2) is 0 Å². The van der Waals surface area contributed by atoms with E-state index in [4.69, 9.17) is 21.4 Å². The molecule has 0 bridgehead atoms. The smallest absolute Gasteiger partial charge is 0.303 e. The van der Waals surface area contributed by atoms with Gasteiger partial charge in [-0.2, -0.15) is 0 Å². The van der Waals surface area contributed by atoms with Crippen LogP contribution in [0, 0.1) is 0 Å². The van der Waals surface area contributed by atoms with Gasteiger partial charge in [-0.1, -0.05) is 17.7 Å². The highest BCUT2D eigenvalue weighted by Crippen LogP contribution is 2.39. The largest absolute Gasteiger partial charge is 0.495 e. The Morgan fingerprint density at radius 3 is 2.94 bits per heavy atom. The molecule has 0 spiro atoms. The number of ether oxygens (including phenoxy) is 1. The maximum Gasteiger partial charge on any atom is 0.303 e. The van der Waals surface area contributed by atoms with Gasteiger partial charge in [0.05, 0.1) is 12.1 Å². The van der Waals surface area contributed by atoms with Crippen molar-refractivity contribution in [3.05, 3.63) is 27.8 Å². The van der Waals surface area contributed by atoms with Crippen LogP contribution in [0.25, 0.3) is 0 Å². The lowest BCUT2D eigenvalue weighted by atomic mass is 10.0.